The third-order valence-corrected chi connectivity index (χ3v) is 3.04. The number of aliphatic hydroxyl groups is 1. The van der Waals surface area contributed by atoms with Crippen LogP contribution in [0.1, 0.15) is 23.6 Å². The van der Waals surface area contributed by atoms with E-state index in [1.165, 1.54) is 11.1 Å². The maximum atomic E-state index is 9.10. The van der Waals surface area contributed by atoms with Gasteiger partial charge in [0.15, 0.2) is 0 Å². The van der Waals surface area contributed by atoms with Gasteiger partial charge in [-0.05, 0) is 36.2 Å². The molecule has 0 amide bonds. The number of benzene rings is 1. The van der Waals surface area contributed by atoms with Crippen molar-refractivity contribution in [3.63, 3.8) is 0 Å². The van der Waals surface area contributed by atoms with E-state index in [2.05, 4.69) is 22.4 Å². The molecule has 1 aromatic heterocycles. The number of nitrogens with zero attached hydrogens (tertiary/aromatic N) is 1. The van der Waals surface area contributed by atoms with Crippen molar-refractivity contribution in [1.82, 2.24) is 10.3 Å². The van der Waals surface area contributed by atoms with Gasteiger partial charge in [0.05, 0.1) is 6.04 Å². The van der Waals surface area contributed by atoms with Crippen molar-refractivity contribution in [2.75, 3.05) is 13.2 Å². The molecule has 2 aromatic rings. The fourth-order valence-corrected chi connectivity index (χ4v) is 1.95. The lowest BCUT2D eigenvalue weighted by atomic mass is 9.99. The van der Waals surface area contributed by atoms with Gasteiger partial charge in [-0.3, -0.25) is 4.98 Å². The van der Waals surface area contributed by atoms with Gasteiger partial charge in [-0.1, -0.05) is 30.3 Å². The maximum absolute atomic E-state index is 9.10. The Morgan fingerprint density at radius 1 is 0.958 bits per heavy atom. The molecule has 0 fully saturated rings. The Balaban J connectivity index is 0.000000413. The molecule has 1 unspecified atom stereocenters. The van der Waals surface area contributed by atoms with E-state index in [1.54, 1.807) is 12.4 Å². The van der Waals surface area contributed by atoms with E-state index in [0.29, 0.717) is 0 Å². The number of carboxylic acids is 2. The van der Waals surface area contributed by atoms with E-state index in [-0.39, 0.29) is 12.6 Å². The van der Waals surface area contributed by atoms with Gasteiger partial charge in [0, 0.05) is 19.0 Å². The standard InChI is InChI=1S/C15H18N2O.C2H2O4/c18-12-4-9-17-15(13-5-2-1-3-6-13)14-7-10-16-11-8-14;3-1(4)2(5)6/h1-3,5-8,10-11,15,17-18H,4,9,12H2;(H,3,4)(H,5,6). The summed E-state index contributed by atoms with van der Waals surface area (Å²) in [6, 6.07) is 14.5. The van der Waals surface area contributed by atoms with Crippen LogP contribution in [0.2, 0.25) is 0 Å². The summed E-state index contributed by atoms with van der Waals surface area (Å²) in [4.78, 5) is 22.2. The summed E-state index contributed by atoms with van der Waals surface area (Å²) in [5, 5.41) is 27.1. The second-order valence-electron chi connectivity index (χ2n) is 4.77. The summed E-state index contributed by atoms with van der Waals surface area (Å²) in [7, 11) is 0. The smallest absolute Gasteiger partial charge is 0.414 e. The van der Waals surface area contributed by atoms with Gasteiger partial charge in [0.25, 0.3) is 0 Å². The average Bonchev–Trinajstić information content (AvgIpc) is 2.61. The molecule has 128 valence electrons. The summed E-state index contributed by atoms with van der Waals surface area (Å²) in [5.41, 5.74) is 2.41. The van der Waals surface area contributed by atoms with E-state index in [1.807, 2.05) is 30.3 Å². The van der Waals surface area contributed by atoms with Crippen molar-refractivity contribution < 1.29 is 24.9 Å². The number of hydrogen-bond acceptors (Lipinski definition) is 5. The molecule has 7 nitrogen and oxygen atoms in total. The largest absolute Gasteiger partial charge is 0.473 e. The van der Waals surface area contributed by atoms with Gasteiger partial charge in [-0.15, -0.1) is 0 Å². The van der Waals surface area contributed by atoms with Crippen LogP contribution in [0, 0.1) is 0 Å². The Labute approximate surface area is 139 Å². The average molecular weight is 332 g/mol. The molecule has 0 aliphatic carbocycles. The number of pyridine rings is 1. The van der Waals surface area contributed by atoms with Crippen LogP contribution >= 0.6 is 0 Å². The lowest BCUT2D eigenvalue weighted by Gasteiger charge is -2.19. The highest BCUT2D eigenvalue weighted by atomic mass is 16.4. The van der Waals surface area contributed by atoms with Gasteiger partial charge < -0.3 is 20.6 Å². The molecule has 1 aromatic carbocycles. The Kier molecular flexibility index (Phi) is 8.73. The topological polar surface area (TPSA) is 120 Å². The highest BCUT2D eigenvalue weighted by Crippen LogP contribution is 2.20. The molecule has 0 radical (unpaired) electrons. The third-order valence-electron chi connectivity index (χ3n) is 3.04. The van der Waals surface area contributed by atoms with Crippen LogP contribution in [-0.2, 0) is 9.59 Å². The minimum absolute atomic E-state index is 0.153. The van der Waals surface area contributed by atoms with Crippen LogP contribution in [0.4, 0.5) is 0 Å². The molecule has 0 bridgehead atoms. The Bertz CT molecular complexity index is 568. The van der Waals surface area contributed by atoms with Gasteiger partial charge in [-0.25, -0.2) is 9.59 Å². The van der Waals surface area contributed by atoms with Gasteiger partial charge >= 0.3 is 11.9 Å². The second-order valence-corrected chi connectivity index (χ2v) is 4.77. The summed E-state index contributed by atoms with van der Waals surface area (Å²) >= 11 is 0. The number of nitrogens with one attached hydrogen (secondary N) is 1. The molecule has 0 spiro atoms. The van der Waals surface area contributed by atoms with Crippen molar-refractivity contribution in [1.29, 1.82) is 0 Å². The van der Waals surface area contributed by atoms with Crippen LogP contribution < -0.4 is 5.32 Å². The van der Waals surface area contributed by atoms with Gasteiger partial charge in [0.1, 0.15) is 0 Å². The Morgan fingerprint density at radius 2 is 1.50 bits per heavy atom. The van der Waals surface area contributed by atoms with Crippen LogP contribution in [0.15, 0.2) is 54.9 Å². The van der Waals surface area contributed by atoms with Gasteiger partial charge in [0.2, 0.25) is 0 Å². The minimum atomic E-state index is -1.82. The maximum Gasteiger partial charge on any atom is 0.414 e. The van der Waals surface area contributed by atoms with Crippen molar-refractivity contribution in [3.8, 4) is 0 Å². The number of aliphatic hydroxyl groups excluding tert-OH is 1. The van der Waals surface area contributed by atoms with E-state index < -0.39 is 11.9 Å². The van der Waals surface area contributed by atoms with Crippen LogP contribution in [0.5, 0.6) is 0 Å². The molecular weight excluding hydrogens is 312 g/mol. The summed E-state index contributed by atoms with van der Waals surface area (Å²) in [5.74, 6) is -3.65. The van der Waals surface area contributed by atoms with E-state index in [0.717, 1.165) is 13.0 Å². The zero-order valence-corrected chi connectivity index (χ0v) is 13.0. The summed E-state index contributed by atoms with van der Waals surface area (Å²) < 4.78 is 0. The number of carbonyl (C=O) groups is 2. The summed E-state index contributed by atoms with van der Waals surface area (Å²) in [6.07, 6.45) is 4.37. The zero-order chi connectivity index (χ0) is 17.8. The lowest BCUT2D eigenvalue weighted by molar-refractivity contribution is -0.159. The number of carboxylic acid groups (broad SMARTS) is 2. The first kappa shape index (κ1) is 19.3. The van der Waals surface area contributed by atoms with E-state index >= 15 is 0 Å². The van der Waals surface area contributed by atoms with Crippen molar-refractivity contribution >= 4 is 11.9 Å². The first-order chi connectivity index (χ1) is 11.6. The second kappa shape index (κ2) is 10.9. The van der Waals surface area contributed by atoms with E-state index in [9.17, 15) is 0 Å². The molecule has 0 saturated heterocycles. The molecule has 1 heterocycles. The van der Waals surface area contributed by atoms with Crippen molar-refractivity contribution in [2.24, 2.45) is 0 Å². The molecule has 24 heavy (non-hydrogen) atoms. The monoisotopic (exact) mass is 332 g/mol. The quantitative estimate of drug-likeness (QED) is 0.465. The number of aromatic nitrogens is 1. The first-order valence-electron chi connectivity index (χ1n) is 7.31. The molecule has 4 N–H and O–H groups in total. The number of rotatable bonds is 6. The molecule has 2 rings (SSSR count). The summed E-state index contributed by atoms with van der Waals surface area (Å²) in [6.45, 7) is 1.00. The fraction of sp³-hybridized carbons (Fsp3) is 0.235. The first-order valence-corrected chi connectivity index (χ1v) is 7.31. The molecule has 0 aliphatic heterocycles. The highest BCUT2D eigenvalue weighted by Gasteiger charge is 2.12. The molecule has 0 aliphatic rings. The Morgan fingerprint density at radius 3 is 2.00 bits per heavy atom. The van der Waals surface area contributed by atoms with E-state index in [4.69, 9.17) is 24.9 Å². The molecule has 7 heteroatoms. The van der Waals surface area contributed by atoms with Crippen LogP contribution in [0.25, 0.3) is 0 Å². The third kappa shape index (κ3) is 6.99. The predicted molar refractivity (Wildman–Crippen MR) is 87.5 cm³/mol. The Hall–Kier alpha value is -2.77. The number of aliphatic carboxylic acids is 2. The normalized spacial score (nSPS) is 11.0. The van der Waals surface area contributed by atoms with Crippen LogP contribution in [-0.4, -0.2) is 45.4 Å². The number of hydrogen-bond donors (Lipinski definition) is 4. The molecule has 1 atom stereocenters. The lowest BCUT2D eigenvalue weighted by Crippen LogP contribution is -2.24. The SMILES string of the molecule is O=C(O)C(=O)O.OCCCNC(c1ccccc1)c1ccncc1. The highest BCUT2D eigenvalue weighted by molar-refractivity contribution is 6.27. The predicted octanol–water partition coefficient (Wildman–Crippen LogP) is 1.30. The van der Waals surface area contributed by atoms with Crippen molar-refractivity contribution in [3.05, 3.63) is 66.0 Å². The molecular formula is C17H20N2O5. The van der Waals surface area contributed by atoms with Crippen LogP contribution in [0.3, 0.4) is 0 Å². The van der Waals surface area contributed by atoms with Gasteiger partial charge in [-0.2, -0.15) is 0 Å². The van der Waals surface area contributed by atoms with Crippen molar-refractivity contribution in [2.45, 2.75) is 12.5 Å². The fourth-order valence-electron chi connectivity index (χ4n) is 1.95. The zero-order valence-electron chi connectivity index (χ0n) is 13.0. The molecule has 0 saturated carbocycles. The minimum Gasteiger partial charge on any atom is -0.473 e.